The van der Waals surface area contributed by atoms with Crippen LogP contribution in [0.5, 0.6) is 0 Å². The van der Waals surface area contributed by atoms with E-state index in [4.69, 9.17) is 5.73 Å². The fraction of sp³-hybridized carbons (Fsp3) is 0.263. The van der Waals surface area contributed by atoms with Gasteiger partial charge in [-0.25, -0.2) is 4.98 Å². The molecule has 1 aromatic heterocycles. The Labute approximate surface area is 155 Å². The van der Waals surface area contributed by atoms with E-state index < -0.39 is 11.9 Å². The number of imide groups is 1. The second-order valence-electron chi connectivity index (χ2n) is 6.68. The maximum atomic E-state index is 13.0. The van der Waals surface area contributed by atoms with Crippen LogP contribution >= 0.6 is 0 Å². The van der Waals surface area contributed by atoms with E-state index in [-0.39, 0.29) is 18.2 Å². The van der Waals surface area contributed by atoms with Gasteiger partial charge in [-0.1, -0.05) is 18.2 Å². The summed E-state index contributed by atoms with van der Waals surface area (Å²) in [4.78, 5) is 42.3. The number of pyridine rings is 1. The monoisotopic (exact) mass is 365 g/mol. The summed E-state index contributed by atoms with van der Waals surface area (Å²) in [5.74, 6) is -0.256. The maximum Gasteiger partial charge on any atom is 0.255 e. The van der Waals surface area contributed by atoms with Gasteiger partial charge in [0.2, 0.25) is 11.8 Å². The number of nitrogen functional groups attached to an aromatic ring is 1. The molecule has 8 heteroatoms. The minimum Gasteiger partial charge on any atom is -0.399 e. The zero-order chi connectivity index (χ0) is 19.0. The molecule has 27 heavy (non-hydrogen) atoms. The summed E-state index contributed by atoms with van der Waals surface area (Å²) in [6, 6.07) is 8.47. The van der Waals surface area contributed by atoms with E-state index in [1.807, 2.05) is 18.2 Å². The van der Waals surface area contributed by atoms with Crippen LogP contribution in [-0.4, -0.2) is 33.6 Å². The van der Waals surface area contributed by atoms with Gasteiger partial charge in [-0.15, -0.1) is 0 Å². The van der Waals surface area contributed by atoms with E-state index in [1.54, 1.807) is 23.2 Å². The van der Waals surface area contributed by atoms with Crippen LogP contribution in [0.2, 0.25) is 0 Å². The molecule has 1 aromatic carbocycles. The number of nitrogens with one attached hydrogen (secondary N) is 2. The minimum atomic E-state index is -0.612. The largest absolute Gasteiger partial charge is 0.399 e. The van der Waals surface area contributed by atoms with Gasteiger partial charge >= 0.3 is 0 Å². The van der Waals surface area contributed by atoms with Crippen LogP contribution in [0.3, 0.4) is 0 Å². The maximum absolute atomic E-state index is 13.0. The molecule has 2 aliphatic heterocycles. The molecule has 0 aliphatic carbocycles. The van der Waals surface area contributed by atoms with Gasteiger partial charge in [0.25, 0.3) is 5.91 Å². The molecule has 0 radical (unpaired) electrons. The third kappa shape index (κ3) is 3.21. The van der Waals surface area contributed by atoms with Crippen molar-refractivity contribution in [2.24, 2.45) is 0 Å². The average Bonchev–Trinajstić information content (AvgIpc) is 2.97. The van der Waals surface area contributed by atoms with Crippen molar-refractivity contribution in [1.82, 2.24) is 15.2 Å². The van der Waals surface area contributed by atoms with Crippen LogP contribution in [0, 0.1) is 0 Å². The van der Waals surface area contributed by atoms with E-state index >= 15 is 0 Å². The first kappa shape index (κ1) is 17.0. The lowest BCUT2D eigenvalue weighted by Gasteiger charge is -2.29. The first-order valence-corrected chi connectivity index (χ1v) is 8.74. The van der Waals surface area contributed by atoms with Gasteiger partial charge in [-0.2, -0.15) is 0 Å². The van der Waals surface area contributed by atoms with Crippen LogP contribution in [0.4, 0.5) is 11.5 Å². The van der Waals surface area contributed by atoms with Gasteiger partial charge in [-0.3, -0.25) is 19.7 Å². The topological polar surface area (TPSA) is 117 Å². The highest BCUT2D eigenvalue weighted by Crippen LogP contribution is 2.30. The van der Waals surface area contributed by atoms with Crippen molar-refractivity contribution in [3.05, 3.63) is 53.2 Å². The van der Waals surface area contributed by atoms with Crippen LogP contribution in [0.25, 0.3) is 0 Å². The van der Waals surface area contributed by atoms with Crippen molar-refractivity contribution >= 4 is 29.2 Å². The number of anilines is 2. The molecule has 0 spiro atoms. The highest BCUT2D eigenvalue weighted by atomic mass is 16.2. The highest BCUT2D eigenvalue weighted by molar-refractivity contribution is 6.06. The molecule has 4 N–H and O–H groups in total. The molecule has 1 atom stereocenters. The summed E-state index contributed by atoms with van der Waals surface area (Å²) in [5, 5.41) is 5.49. The fourth-order valence-corrected chi connectivity index (χ4v) is 3.57. The van der Waals surface area contributed by atoms with Gasteiger partial charge in [0.15, 0.2) is 0 Å². The van der Waals surface area contributed by atoms with E-state index in [1.165, 1.54) is 0 Å². The van der Waals surface area contributed by atoms with Crippen LogP contribution in [0.1, 0.15) is 34.3 Å². The molecule has 1 unspecified atom stereocenters. The quantitative estimate of drug-likeness (QED) is 0.697. The van der Waals surface area contributed by atoms with Crippen molar-refractivity contribution in [3.63, 3.8) is 0 Å². The summed E-state index contributed by atoms with van der Waals surface area (Å²) < 4.78 is 0. The molecule has 4 rings (SSSR count). The fourth-order valence-electron chi connectivity index (χ4n) is 3.57. The Hall–Kier alpha value is -3.42. The van der Waals surface area contributed by atoms with Crippen LogP contribution in [-0.2, 0) is 22.7 Å². The molecular formula is C19H19N5O3. The van der Waals surface area contributed by atoms with E-state index in [0.29, 0.717) is 36.6 Å². The first-order chi connectivity index (χ1) is 13.0. The molecule has 1 saturated heterocycles. The van der Waals surface area contributed by atoms with Gasteiger partial charge in [0, 0.05) is 43.0 Å². The molecule has 3 heterocycles. The number of carbonyl (C=O) groups is 3. The summed E-state index contributed by atoms with van der Waals surface area (Å²) in [6.07, 6.45) is 2.21. The SMILES string of the molecule is Nc1ccnc(NCc2cccc3c2C(=O)N(C2CCC(=O)NC2=O)C3)c1. The Bertz CT molecular complexity index is 943. The number of hydrogen-bond donors (Lipinski definition) is 3. The third-order valence-electron chi connectivity index (χ3n) is 4.88. The normalized spacial score (nSPS) is 19.0. The van der Waals surface area contributed by atoms with Crippen molar-refractivity contribution in [3.8, 4) is 0 Å². The lowest BCUT2D eigenvalue weighted by atomic mass is 10.0. The Kier molecular flexibility index (Phi) is 4.23. The third-order valence-corrected chi connectivity index (χ3v) is 4.88. The minimum absolute atomic E-state index is 0.183. The second kappa shape index (κ2) is 6.71. The summed E-state index contributed by atoms with van der Waals surface area (Å²) in [7, 11) is 0. The number of amides is 3. The Morgan fingerprint density at radius 2 is 2.11 bits per heavy atom. The molecule has 8 nitrogen and oxygen atoms in total. The lowest BCUT2D eigenvalue weighted by Crippen LogP contribution is -2.52. The number of piperidine rings is 1. The number of fused-ring (bicyclic) bond motifs is 1. The van der Waals surface area contributed by atoms with Crippen molar-refractivity contribution in [2.45, 2.75) is 32.0 Å². The van der Waals surface area contributed by atoms with Crippen LogP contribution < -0.4 is 16.4 Å². The summed E-state index contributed by atoms with van der Waals surface area (Å²) >= 11 is 0. The Morgan fingerprint density at radius 1 is 1.26 bits per heavy atom. The van der Waals surface area contributed by atoms with E-state index in [0.717, 1.165) is 11.1 Å². The number of aromatic nitrogens is 1. The predicted molar refractivity (Wildman–Crippen MR) is 98.5 cm³/mol. The number of hydrogen-bond acceptors (Lipinski definition) is 6. The van der Waals surface area contributed by atoms with Gasteiger partial charge in [-0.05, 0) is 23.6 Å². The first-order valence-electron chi connectivity index (χ1n) is 8.74. The smallest absolute Gasteiger partial charge is 0.255 e. The lowest BCUT2D eigenvalue weighted by molar-refractivity contribution is -0.136. The second-order valence-corrected chi connectivity index (χ2v) is 6.68. The zero-order valence-corrected chi connectivity index (χ0v) is 14.6. The van der Waals surface area contributed by atoms with Crippen molar-refractivity contribution in [1.29, 1.82) is 0 Å². The molecule has 2 aromatic rings. The van der Waals surface area contributed by atoms with Crippen molar-refractivity contribution in [2.75, 3.05) is 11.1 Å². The molecule has 2 aliphatic rings. The van der Waals surface area contributed by atoms with E-state index in [9.17, 15) is 14.4 Å². The number of nitrogens with two attached hydrogens (primary N) is 1. The number of rotatable bonds is 4. The molecule has 138 valence electrons. The average molecular weight is 365 g/mol. The molecule has 0 saturated carbocycles. The van der Waals surface area contributed by atoms with Crippen LogP contribution in [0.15, 0.2) is 36.5 Å². The summed E-state index contributed by atoms with van der Waals surface area (Å²) in [5.41, 5.74) is 8.68. The number of benzene rings is 1. The van der Waals surface area contributed by atoms with Gasteiger partial charge in [0.05, 0.1) is 0 Å². The van der Waals surface area contributed by atoms with E-state index in [2.05, 4.69) is 15.6 Å². The van der Waals surface area contributed by atoms with Gasteiger partial charge < -0.3 is 16.0 Å². The molecule has 0 bridgehead atoms. The predicted octanol–water partition coefficient (Wildman–Crippen LogP) is 1.04. The highest BCUT2D eigenvalue weighted by Gasteiger charge is 2.39. The number of nitrogens with zero attached hydrogens (tertiary/aromatic N) is 2. The molecular weight excluding hydrogens is 346 g/mol. The Morgan fingerprint density at radius 3 is 2.89 bits per heavy atom. The molecule has 1 fully saturated rings. The van der Waals surface area contributed by atoms with Gasteiger partial charge in [0.1, 0.15) is 11.9 Å². The zero-order valence-electron chi connectivity index (χ0n) is 14.6. The summed E-state index contributed by atoms with van der Waals surface area (Å²) in [6.45, 7) is 0.777. The molecule has 3 amide bonds. The Balaban J connectivity index is 1.54. The standard InChI is InChI=1S/C19H19N5O3/c20-13-6-7-21-15(8-13)22-9-11-2-1-3-12-10-24(19(27)17(11)12)14-4-5-16(25)23-18(14)26/h1-3,6-8,14H,4-5,9-10H2,(H3,20,21,22)(H,23,25,26). The van der Waals surface area contributed by atoms with Crippen molar-refractivity contribution < 1.29 is 14.4 Å². The number of carbonyl (C=O) groups excluding carboxylic acids is 3.